The van der Waals surface area contributed by atoms with E-state index in [9.17, 15) is 4.79 Å². The summed E-state index contributed by atoms with van der Waals surface area (Å²) in [5.41, 5.74) is 7.78. The number of hydrogen-bond donors (Lipinski definition) is 2. The largest absolute Gasteiger partial charge is 0.370 e. The van der Waals surface area contributed by atoms with Gasteiger partial charge in [0.05, 0.1) is 6.04 Å². The van der Waals surface area contributed by atoms with Gasteiger partial charge in [0.2, 0.25) is 0 Å². The summed E-state index contributed by atoms with van der Waals surface area (Å²) < 4.78 is 5.02. The molecule has 18 heavy (non-hydrogen) atoms. The van der Waals surface area contributed by atoms with Crippen LogP contribution in [-0.2, 0) is 9.53 Å². The van der Waals surface area contributed by atoms with Crippen LogP contribution in [0.4, 0.5) is 0 Å². The molecule has 4 heteroatoms. The summed E-state index contributed by atoms with van der Waals surface area (Å²) in [5.74, 6) is -0.160. The fraction of sp³-hybridized carbons (Fsp3) is 0.500. The summed E-state index contributed by atoms with van der Waals surface area (Å²) >= 11 is 0. The van der Waals surface area contributed by atoms with E-state index in [1.54, 1.807) is 0 Å². The number of hydrogen-bond acceptors (Lipinski definition) is 3. The maximum Gasteiger partial charge on any atom is 0.250 e. The van der Waals surface area contributed by atoms with Gasteiger partial charge < -0.3 is 15.8 Å². The number of carbonyl (C=O) groups is 1. The lowest BCUT2D eigenvalue weighted by Gasteiger charge is -2.20. The minimum absolute atomic E-state index is 0.00213. The number of ether oxygens (including phenoxy) is 1. The average Bonchev–Trinajstić information content (AvgIpc) is 2.38. The zero-order chi connectivity index (χ0) is 13.5. The highest BCUT2D eigenvalue weighted by Crippen LogP contribution is 2.17. The van der Waals surface area contributed by atoms with Crippen molar-refractivity contribution >= 4 is 5.91 Å². The second-order valence-corrected chi connectivity index (χ2v) is 4.34. The van der Waals surface area contributed by atoms with Crippen molar-refractivity contribution in [2.45, 2.75) is 32.4 Å². The van der Waals surface area contributed by atoms with E-state index in [0.29, 0.717) is 0 Å². The fourth-order valence-electron chi connectivity index (χ4n) is 1.79. The van der Waals surface area contributed by atoms with Crippen molar-refractivity contribution in [2.24, 2.45) is 5.73 Å². The molecule has 0 saturated heterocycles. The van der Waals surface area contributed by atoms with Crippen LogP contribution in [0, 0.1) is 6.92 Å². The van der Waals surface area contributed by atoms with E-state index in [1.807, 2.05) is 38.1 Å². The van der Waals surface area contributed by atoms with Crippen molar-refractivity contribution in [3.8, 4) is 0 Å². The summed E-state index contributed by atoms with van der Waals surface area (Å²) in [5, 5.41) is 2.96. The van der Waals surface area contributed by atoms with Gasteiger partial charge in [0, 0.05) is 13.7 Å². The Morgan fingerprint density at radius 2 is 2.00 bits per heavy atom. The molecule has 2 atom stereocenters. The standard InChI is InChI=1S/C14H22N2O2/c1-4-12(11-7-5-10(2)6-8-11)16-14(17)13(9-15)18-3/h5-8,12-13H,4,9,15H2,1-3H3,(H,16,17). The predicted molar refractivity (Wildman–Crippen MR) is 72.2 cm³/mol. The zero-order valence-electron chi connectivity index (χ0n) is 11.3. The Balaban J connectivity index is 2.73. The maximum atomic E-state index is 11.9. The van der Waals surface area contributed by atoms with Crippen LogP contribution in [0.1, 0.15) is 30.5 Å². The van der Waals surface area contributed by atoms with Crippen molar-refractivity contribution in [1.29, 1.82) is 0 Å². The highest BCUT2D eigenvalue weighted by atomic mass is 16.5. The fourth-order valence-corrected chi connectivity index (χ4v) is 1.79. The lowest BCUT2D eigenvalue weighted by molar-refractivity contribution is -0.131. The van der Waals surface area contributed by atoms with Crippen LogP contribution in [-0.4, -0.2) is 25.7 Å². The van der Waals surface area contributed by atoms with Crippen molar-refractivity contribution < 1.29 is 9.53 Å². The molecule has 3 N–H and O–H groups in total. The van der Waals surface area contributed by atoms with E-state index < -0.39 is 6.10 Å². The molecule has 1 aromatic rings. The summed E-state index contributed by atoms with van der Waals surface area (Å²) in [7, 11) is 1.49. The Morgan fingerprint density at radius 1 is 1.39 bits per heavy atom. The highest BCUT2D eigenvalue weighted by Gasteiger charge is 2.19. The second kappa shape index (κ2) is 7.13. The lowest BCUT2D eigenvalue weighted by atomic mass is 10.0. The van der Waals surface area contributed by atoms with Crippen molar-refractivity contribution in [1.82, 2.24) is 5.32 Å². The number of nitrogens with one attached hydrogen (secondary N) is 1. The van der Waals surface area contributed by atoms with Gasteiger partial charge in [-0.25, -0.2) is 0 Å². The molecule has 0 saturated carbocycles. The molecule has 0 aromatic heterocycles. The third-order valence-electron chi connectivity index (χ3n) is 3.00. The number of carbonyl (C=O) groups excluding carboxylic acids is 1. The molecule has 2 unspecified atom stereocenters. The van der Waals surface area contributed by atoms with Crippen LogP contribution in [0.25, 0.3) is 0 Å². The lowest BCUT2D eigenvalue weighted by Crippen LogP contribution is -2.42. The van der Waals surface area contributed by atoms with Gasteiger partial charge in [-0.1, -0.05) is 36.8 Å². The van der Waals surface area contributed by atoms with E-state index >= 15 is 0 Å². The number of nitrogens with two attached hydrogens (primary N) is 1. The Labute approximate surface area is 109 Å². The van der Waals surface area contributed by atoms with Gasteiger partial charge in [0.25, 0.3) is 5.91 Å². The second-order valence-electron chi connectivity index (χ2n) is 4.34. The smallest absolute Gasteiger partial charge is 0.250 e. The molecule has 0 spiro atoms. The third kappa shape index (κ3) is 3.82. The zero-order valence-corrected chi connectivity index (χ0v) is 11.3. The van der Waals surface area contributed by atoms with Crippen LogP contribution in [0.5, 0.6) is 0 Å². The first-order valence-corrected chi connectivity index (χ1v) is 6.22. The van der Waals surface area contributed by atoms with Gasteiger partial charge in [-0.2, -0.15) is 0 Å². The molecule has 0 aliphatic rings. The molecule has 4 nitrogen and oxygen atoms in total. The summed E-state index contributed by atoms with van der Waals surface area (Å²) in [6.45, 7) is 4.26. The summed E-state index contributed by atoms with van der Waals surface area (Å²) in [6, 6.07) is 8.16. The molecule has 0 radical (unpaired) electrons. The first-order valence-electron chi connectivity index (χ1n) is 6.22. The third-order valence-corrected chi connectivity index (χ3v) is 3.00. The Kier molecular flexibility index (Phi) is 5.82. The van der Waals surface area contributed by atoms with Crippen LogP contribution in [0.2, 0.25) is 0 Å². The van der Waals surface area contributed by atoms with E-state index in [2.05, 4.69) is 5.32 Å². The number of methoxy groups -OCH3 is 1. The van der Waals surface area contributed by atoms with Gasteiger partial charge in [-0.15, -0.1) is 0 Å². The Hall–Kier alpha value is -1.39. The molecule has 0 aliphatic heterocycles. The maximum absolute atomic E-state index is 11.9. The monoisotopic (exact) mass is 250 g/mol. The van der Waals surface area contributed by atoms with Crippen molar-refractivity contribution in [3.05, 3.63) is 35.4 Å². The molecule has 0 bridgehead atoms. The minimum atomic E-state index is -0.579. The normalized spacial score (nSPS) is 14.0. The van der Waals surface area contributed by atoms with Crippen molar-refractivity contribution in [2.75, 3.05) is 13.7 Å². The molecule has 0 fully saturated rings. The quantitative estimate of drug-likeness (QED) is 0.805. The van der Waals surface area contributed by atoms with Crippen LogP contribution >= 0.6 is 0 Å². The van der Waals surface area contributed by atoms with E-state index in [4.69, 9.17) is 10.5 Å². The van der Waals surface area contributed by atoms with Gasteiger partial charge >= 0.3 is 0 Å². The molecule has 0 heterocycles. The molecular weight excluding hydrogens is 228 g/mol. The Morgan fingerprint density at radius 3 is 2.44 bits per heavy atom. The van der Waals surface area contributed by atoms with Crippen LogP contribution in [0.15, 0.2) is 24.3 Å². The molecular formula is C14H22N2O2. The van der Waals surface area contributed by atoms with Gasteiger partial charge in [0.15, 0.2) is 0 Å². The molecule has 1 amide bonds. The van der Waals surface area contributed by atoms with E-state index in [1.165, 1.54) is 12.7 Å². The van der Waals surface area contributed by atoms with Gasteiger partial charge in [-0.3, -0.25) is 4.79 Å². The highest BCUT2D eigenvalue weighted by molar-refractivity contribution is 5.81. The molecule has 1 rings (SSSR count). The molecule has 100 valence electrons. The minimum Gasteiger partial charge on any atom is -0.370 e. The Bertz CT molecular complexity index is 372. The average molecular weight is 250 g/mol. The number of benzene rings is 1. The van der Waals surface area contributed by atoms with E-state index in [0.717, 1.165) is 12.0 Å². The number of aryl methyl sites for hydroxylation is 1. The number of rotatable bonds is 6. The van der Waals surface area contributed by atoms with Crippen LogP contribution < -0.4 is 11.1 Å². The molecule has 0 aliphatic carbocycles. The predicted octanol–water partition coefficient (Wildman–Crippen LogP) is 1.54. The summed E-state index contributed by atoms with van der Waals surface area (Å²) in [4.78, 5) is 11.9. The SMILES string of the molecule is CCC(NC(=O)C(CN)OC)c1ccc(C)cc1. The topological polar surface area (TPSA) is 64.4 Å². The molecule has 1 aromatic carbocycles. The van der Waals surface area contributed by atoms with E-state index in [-0.39, 0.29) is 18.5 Å². The van der Waals surface area contributed by atoms with Gasteiger partial charge in [0.1, 0.15) is 6.10 Å². The summed E-state index contributed by atoms with van der Waals surface area (Å²) in [6.07, 6.45) is 0.250. The van der Waals surface area contributed by atoms with Crippen LogP contribution in [0.3, 0.4) is 0 Å². The first-order chi connectivity index (χ1) is 8.62. The number of amides is 1. The van der Waals surface area contributed by atoms with Gasteiger partial charge in [-0.05, 0) is 18.9 Å². The van der Waals surface area contributed by atoms with Crippen molar-refractivity contribution in [3.63, 3.8) is 0 Å². The first kappa shape index (κ1) is 14.7.